The molecule has 4 aliphatic rings. The molecule has 2 aliphatic heterocycles. The number of fused-ring (bicyclic) bond motifs is 1. The van der Waals surface area contributed by atoms with E-state index in [0.29, 0.717) is 16.1 Å². The number of amidine groups is 1. The fourth-order valence-corrected chi connectivity index (χ4v) is 6.04. The molecule has 0 radical (unpaired) electrons. The van der Waals surface area contributed by atoms with Crippen LogP contribution in [-0.2, 0) is 0 Å². The largest absolute Gasteiger partial charge is 0.367 e. The Bertz CT molecular complexity index is 1040. The molecule has 0 aromatic heterocycles. The van der Waals surface area contributed by atoms with E-state index >= 15 is 0 Å². The van der Waals surface area contributed by atoms with Gasteiger partial charge in [0.25, 0.3) is 0 Å². The first-order valence-corrected chi connectivity index (χ1v) is 13.2. The van der Waals surface area contributed by atoms with Crippen molar-refractivity contribution in [2.45, 2.75) is 64.3 Å². The second kappa shape index (κ2) is 10.2. The molecule has 0 saturated heterocycles. The standard InChI is InChI=1S/C26H34Cl2N6/c1-17-24(25-21(27)14-19(15-22(25)28)18-8-6-7-9-18)26-32-33(2)16-23(34(26)31-17)30-13-12-29-20-10-4-3-5-11-20/h8,14-16,20,29-31H,3-7,9-13H2,1-2H3. The summed E-state index contributed by atoms with van der Waals surface area (Å²) in [5.74, 6) is 1.74. The van der Waals surface area contributed by atoms with Crippen LogP contribution in [0.15, 0.2) is 41.0 Å². The summed E-state index contributed by atoms with van der Waals surface area (Å²) in [7, 11) is 1.94. The summed E-state index contributed by atoms with van der Waals surface area (Å²) in [6.45, 7) is 3.81. The van der Waals surface area contributed by atoms with Crippen LogP contribution in [0.4, 0.5) is 0 Å². The van der Waals surface area contributed by atoms with E-state index in [1.165, 1.54) is 44.1 Å². The molecular formula is C26H34Cl2N6. The number of hydrazine groups is 1. The van der Waals surface area contributed by atoms with Gasteiger partial charge in [0.15, 0.2) is 5.84 Å². The highest BCUT2D eigenvalue weighted by molar-refractivity contribution is 6.41. The smallest absolute Gasteiger partial charge is 0.183 e. The SMILES string of the molecule is CC1=C(c2c(Cl)cc(C3=CCCC3)cc2Cl)C2=NN(C)C=C(NCCNC3CCCCC3)N2N1. The summed E-state index contributed by atoms with van der Waals surface area (Å²) >= 11 is 13.7. The van der Waals surface area contributed by atoms with E-state index in [0.717, 1.165) is 60.0 Å². The second-order valence-corrected chi connectivity index (χ2v) is 10.4. The predicted octanol–water partition coefficient (Wildman–Crippen LogP) is 5.68. The molecule has 0 unspecified atom stereocenters. The molecule has 1 fully saturated rings. The first-order valence-electron chi connectivity index (χ1n) is 12.5. The lowest BCUT2D eigenvalue weighted by Crippen LogP contribution is -2.46. The van der Waals surface area contributed by atoms with Crippen LogP contribution in [-0.4, -0.2) is 42.0 Å². The van der Waals surface area contributed by atoms with Crippen LogP contribution < -0.4 is 16.1 Å². The third-order valence-corrected chi connectivity index (χ3v) is 7.66. The summed E-state index contributed by atoms with van der Waals surface area (Å²) in [6.07, 6.45) is 14.3. The van der Waals surface area contributed by atoms with Gasteiger partial charge in [-0.1, -0.05) is 48.5 Å². The van der Waals surface area contributed by atoms with Crippen molar-refractivity contribution in [3.63, 3.8) is 0 Å². The Kier molecular flexibility index (Phi) is 7.09. The molecule has 2 heterocycles. The van der Waals surface area contributed by atoms with Crippen molar-refractivity contribution in [2.75, 3.05) is 20.1 Å². The average Bonchev–Trinajstić information content (AvgIpc) is 3.46. The van der Waals surface area contributed by atoms with Crippen LogP contribution >= 0.6 is 23.2 Å². The molecule has 182 valence electrons. The van der Waals surface area contributed by atoms with E-state index in [2.05, 4.69) is 22.1 Å². The topological polar surface area (TPSA) is 54.9 Å². The molecule has 2 aliphatic carbocycles. The van der Waals surface area contributed by atoms with E-state index in [4.69, 9.17) is 28.3 Å². The molecule has 0 bridgehead atoms. The van der Waals surface area contributed by atoms with Crippen molar-refractivity contribution in [3.8, 4) is 0 Å². The molecule has 5 rings (SSSR count). The minimum Gasteiger partial charge on any atom is -0.367 e. The van der Waals surface area contributed by atoms with Crippen molar-refractivity contribution < 1.29 is 0 Å². The summed E-state index contributed by atoms with van der Waals surface area (Å²) in [4.78, 5) is 0. The number of benzene rings is 1. The number of allylic oxidation sites excluding steroid dienone is 3. The van der Waals surface area contributed by atoms with Gasteiger partial charge in [0.2, 0.25) is 0 Å². The van der Waals surface area contributed by atoms with Crippen molar-refractivity contribution in [1.29, 1.82) is 0 Å². The predicted molar refractivity (Wildman–Crippen MR) is 142 cm³/mol. The zero-order chi connectivity index (χ0) is 23.7. The minimum atomic E-state index is 0.652. The maximum Gasteiger partial charge on any atom is 0.183 e. The third kappa shape index (κ3) is 4.81. The Balaban J connectivity index is 1.31. The second-order valence-electron chi connectivity index (χ2n) is 9.61. The third-order valence-electron chi connectivity index (χ3n) is 7.07. The zero-order valence-electron chi connectivity index (χ0n) is 20.1. The molecule has 6 nitrogen and oxygen atoms in total. The Labute approximate surface area is 212 Å². The molecule has 8 heteroatoms. The molecule has 1 aromatic rings. The van der Waals surface area contributed by atoms with Gasteiger partial charge in [-0.15, -0.1) is 0 Å². The molecular weight excluding hydrogens is 467 g/mol. The molecule has 1 saturated carbocycles. The Hall–Kier alpha value is -2.15. The highest BCUT2D eigenvalue weighted by atomic mass is 35.5. The van der Waals surface area contributed by atoms with Crippen LogP contribution in [0.3, 0.4) is 0 Å². The number of hydrogen-bond acceptors (Lipinski definition) is 6. The van der Waals surface area contributed by atoms with E-state index in [1.54, 1.807) is 0 Å². The van der Waals surface area contributed by atoms with E-state index in [9.17, 15) is 0 Å². The van der Waals surface area contributed by atoms with Crippen molar-refractivity contribution in [2.24, 2.45) is 5.10 Å². The van der Waals surface area contributed by atoms with Crippen molar-refractivity contribution in [1.82, 2.24) is 26.1 Å². The first kappa shape index (κ1) is 23.6. The monoisotopic (exact) mass is 500 g/mol. The maximum atomic E-state index is 6.84. The van der Waals surface area contributed by atoms with Gasteiger partial charge in [-0.05, 0) is 62.3 Å². The number of nitrogens with zero attached hydrogens (tertiary/aromatic N) is 3. The fourth-order valence-electron chi connectivity index (χ4n) is 5.37. The van der Waals surface area contributed by atoms with Crippen LogP contribution in [0.2, 0.25) is 10.0 Å². The summed E-state index contributed by atoms with van der Waals surface area (Å²) in [5.41, 5.74) is 8.64. The van der Waals surface area contributed by atoms with Crippen LogP contribution in [0.5, 0.6) is 0 Å². The lowest BCUT2D eigenvalue weighted by Gasteiger charge is -2.30. The highest BCUT2D eigenvalue weighted by Crippen LogP contribution is 2.41. The summed E-state index contributed by atoms with van der Waals surface area (Å²) in [6, 6.07) is 4.74. The maximum absolute atomic E-state index is 6.84. The summed E-state index contributed by atoms with van der Waals surface area (Å²) in [5, 5.41) is 17.2. The van der Waals surface area contributed by atoms with Gasteiger partial charge in [-0.2, -0.15) is 5.10 Å². The van der Waals surface area contributed by atoms with E-state index < -0.39 is 0 Å². The number of hydrazone groups is 1. The number of nitrogens with one attached hydrogen (secondary N) is 3. The number of halogens is 2. The van der Waals surface area contributed by atoms with Gasteiger partial charge in [0, 0.05) is 37.4 Å². The van der Waals surface area contributed by atoms with Gasteiger partial charge in [0.1, 0.15) is 5.82 Å². The van der Waals surface area contributed by atoms with E-state index in [1.807, 2.05) is 42.3 Å². The van der Waals surface area contributed by atoms with E-state index in [-0.39, 0.29) is 0 Å². The zero-order valence-corrected chi connectivity index (χ0v) is 21.6. The summed E-state index contributed by atoms with van der Waals surface area (Å²) < 4.78 is 0. The van der Waals surface area contributed by atoms with Gasteiger partial charge < -0.3 is 10.6 Å². The van der Waals surface area contributed by atoms with Gasteiger partial charge in [-0.3, -0.25) is 10.4 Å². The van der Waals surface area contributed by atoms with Crippen LogP contribution in [0.1, 0.15) is 69.4 Å². The van der Waals surface area contributed by atoms with Gasteiger partial charge in [0.05, 0.1) is 21.8 Å². The molecule has 34 heavy (non-hydrogen) atoms. The molecule has 3 N–H and O–H groups in total. The molecule has 1 aromatic carbocycles. The van der Waals surface area contributed by atoms with Gasteiger partial charge >= 0.3 is 0 Å². The normalized spacial score (nSPS) is 20.8. The Morgan fingerprint density at radius 1 is 1.09 bits per heavy atom. The minimum absolute atomic E-state index is 0.652. The highest BCUT2D eigenvalue weighted by Gasteiger charge is 2.35. The number of rotatable bonds is 7. The Morgan fingerprint density at radius 2 is 1.85 bits per heavy atom. The molecule has 0 atom stereocenters. The average molecular weight is 502 g/mol. The van der Waals surface area contributed by atoms with Crippen LogP contribution in [0.25, 0.3) is 11.1 Å². The lowest BCUT2D eigenvalue weighted by atomic mass is 9.95. The fraction of sp³-hybridized carbons (Fsp3) is 0.500. The molecule has 0 spiro atoms. The van der Waals surface area contributed by atoms with Crippen LogP contribution in [0, 0.1) is 0 Å². The molecule has 0 amide bonds. The number of hydrogen-bond donors (Lipinski definition) is 3. The quantitative estimate of drug-likeness (QED) is 0.420. The van der Waals surface area contributed by atoms with Crippen molar-refractivity contribution >= 4 is 40.2 Å². The Morgan fingerprint density at radius 3 is 2.56 bits per heavy atom. The van der Waals surface area contributed by atoms with Gasteiger partial charge in [-0.25, -0.2) is 5.01 Å². The first-order chi connectivity index (χ1) is 16.5. The van der Waals surface area contributed by atoms with Crippen molar-refractivity contribution in [3.05, 3.63) is 57.1 Å². The lowest BCUT2D eigenvalue weighted by molar-refractivity contribution is 0.338.